The summed E-state index contributed by atoms with van der Waals surface area (Å²) in [6, 6.07) is 0.948. The molecule has 2 heterocycles. The van der Waals surface area contributed by atoms with Crippen molar-refractivity contribution in [2.24, 2.45) is 0 Å². The van der Waals surface area contributed by atoms with Gasteiger partial charge in [0.1, 0.15) is 5.69 Å². The van der Waals surface area contributed by atoms with E-state index in [1.54, 1.807) is 0 Å². The number of halogens is 3. The molecule has 1 aromatic heterocycles. The first kappa shape index (κ1) is 12.9. The number of hydrogen-bond donors (Lipinski definition) is 2. The van der Waals surface area contributed by atoms with E-state index in [9.17, 15) is 13.2 Å². The molecule has 4 nitrogen and oxygen atoms in total. The van der Waals surface area contributed by atoms with Gasteiger partial charge in [-0.25, -0.2) is 9.99 Å². The van der Waals surface area contributed by atoms with E-state index < -0.39 is 11.9 Å². The number of rotatable bonds is 2. The number of piperidine rings is 1. The molecule has 0 saturated carbocycles. The Morgan fingerprint density at radius 3 is 2.50 bits per heavy atom. The molecule has 2 rings (SSSR count). The summed E-state index contributed by atoms with van der Waals surface area (Å²) in [5, 5.41) is 1.88. The number of nitrogens with two attached hydrogens (primary N) is 1. The number of aromatic nitrogens is 1. The Morgan fingerprint density at radius 2 is 1.89 bits per heavy atom. The van der Waals surface area contributed by atoms with E-state index in [4.69, 9.17) is 5.73 Å². The van der Waals surface area contributed by atoms with Gasteiger partial charge in [0.05, 0.1) is 17.6 Å². The van der Waals surface area contributed by atoms with E-state index in [0.29, 0.717) is 0 Å². The van der Waals surface area contributed by atoms with Crippen molar-refractivity contribution < 1.29 is 13.2 Å². The molecule has 0 aliphatic carbocycles. The van der Waals surface area contributed by atoms with E-state index in [-0.39, 0.29) is 11.4 Å². The molecule has 0 unspecified atom stereocenters. The lowest BCUT2D eigenvalue weighted by Crippen LogP contribution is -2.35. The maximum atomic E-state index is 12.5. The monoisotopic (exact) mass is 260 g/mol. The molecular formula is C11H15F3N4. The summed E-state index contributed by atoms with van der Waals surface area (Å²) < 4.78 is 37.6. The first-order valence-corrected chi connectivity index (χ1v) is 5.81. The molecule has 7 heteroatoms. The van der Waals surface area contributed by atoms with E-state index in [1.165, 1.54) is 0 Å². The summed E-state index contributed by atoms with van der Waals surface area (Å²) in [5.41, 5.74) is 8.11. The lowest BCUT2D eigenvalue weighted by atomic mass is 10.2. The van der Waals surface area contributed by atoms with E-state index in [1.807, 2.05) is 5.01 Å². The Kier molecular flexibility index (Phi) is 3.60. The van der Waals surface area contributed by atoms with Crippen molar-refractivity contribution in [3.05, 3.63) is 18.0 Å². The van der Waals surface area contributed by atoms with Gasteiger partial charge in [-0.3, -0.25) is 0 Å². The van der Waals surface area contributed by atoms with Crippen LogP contribution in [0.4, 0.5) is 24.5 Å². The minimum Gasteiger partial charge on any atom is -0.396 e. The van der Waals surface area contributed by atoms with Gasteiger partial charge in [-0.2, -0.15) is 13.2 Å². The fourth-order valence-corrected chi connectivity index (χ4v) is 1.89. The SMILES string of the molecule is Nc1cnc(C(F)(F)F)cc1NN1CCCCC1. The predicted molar refractivity (Wildman–Crippen MR) is 62.7 cm³/mol. The zero-order valence-corrected chi connectivity index (χ0v) is 9.80. The number of nitrogen functional groups attached to an aromatic ring is 1. The van der Waals surface area contributed by atoms with Gasteiger partial charge in [0.15, 0.2) is 0 Å². The Morgan fingerprint density at radius 1 is 1.22 bits per heavy atom. The van der Waals surface area contributed by atoms with Crippen LogP contribution in [0.25, 0.3) is 0 Å². The summed E-state index contributed by atoms with van der Waals surface area (Å²) >= 11 is 0. The zero-order valence-electron chi connectivity index (χ0n) is 9.80. The summed E-state index contributed by atoms with van der Waals surface area (Å²) in [6.45, 7) is 1.62. The van der Waals surface area contributed by atoms with Gasteiger partial charge in [-0.05, 0) is 18.9 Å². The van der Waals surface area contributed by atoms with Crippen LogP contribution in [0.2, 0.25) is 0 Å². The van der Waals surface area contributed by atoms with Gasteiger partial charge < -0.3 is 11.2 Å². The highest BCUT2D eigenvalue weighted by Crippen LogP contribution is 2.31. The average molecular weight is 260 g/mol. The second kappa shape index (κ2) is 5.01. The number of hydrazine groups is 1. The van der Waals surface area contributed by atoms with Crippen molar-refractivity contribution in [1.82, 2.24) is 9.99 Å². The van der Waals surface area contributed by atoms with E-state index in [0.717, 1.165) is 44.6 Å². The highest BCUT2D eigenvalue weighted by atomic mass is 19.4. The minimum atomic E-state index is -4.45. The summed E-state index contributed by atoms with van der Waals surface area (Å²) in [4.78, 5) is 3.29. The van der Waals surface area contributed by atoms with Crippen LogP contribution >= 0.6 is 0 Å². The predicted octanol–water partition coefficient (Wildman–Crippen LogP) is 2.50. The van der Waals surface area contributed by atoms with Crippen LogP contribution in [0.3, 0.4) is 0 Å². The van der Waals surface area contributed by atoms with Crippen molar-refractivity contribution in [3.63, 3.8) is 0 Å². The molecular weight excluding hydrogens is 245 g/mol. The van der Waals surface area contributed by atoms with Crippen molar-refractivity contribution in [2.75, 3.05) is 24.2 Å². The molecule has 0 bridgehead atoms. The highest BCUT2D eigenvalue weighted by molar-refractivity contribution is 5.64. The lowest BCUT2D eigenvalue weighted by molar-refractivity contribution is -0.141. The summed E-state index contributed by atoms with van der Waals surface area (Å²) in [7, 11) is 0. The highest BCUT2D eigenvalue weighted by Gasteiger charge is 2.33. The first-order valence-electron chi connectivity index (χ1n) is 5.81. The maximum absolute atomic E-state index is 12.5. The van der Waals surface area contributed by atoms with Crippen molar-refractivity contribution >= 4 is 11.4 Å². The number of nitrogens with one attached hydrogen (secondary N) is 1. The quantitative estimate of drug-likeness (QED) is 0.857. The van der Waals surface area contributed by atoms with Gasteiger partial charge >= 0.3 is 6.18 Å². The van der Waals surface area contributed by atoms with Crippen LogP contribution < -0.4 is 11.2 Å². The third kappa shape index (κ3) is 3.04. The third-order valence-corrected chi connectivity index (χ3v) is 2.86. The second-order valence-electron chi connectivity index (χ2n) is 4.31. The molecule has 0 aromatic carbocycles. The van der Waals surface area contributed by atoms with Gasteiger partial charge in [0, 0.05) is 13.1 Å². The number of hydrogen-bond acceptors (Lipinski definition) is 4. The molecule has 18 heavy (non-hydrogen) atoms. The van der Waals surface area contributed by atoms with E-state index >= 15 is 0 Å². The molecule has 1 aliphatic heterocycles. The topological polar surface area (TPSA) is 54.2 Å². The molecule has 100 valence electrons. The van der Waals surface area contributed by atoms with Crippen molar-refractivity contribution in [1.29, 1.82) is 0 Å². The fraction of sp³-hybridized carbons (Fsp3) is 0.545. The fourth-order valence-electron chi connectivity index (χ4n) is 1.89. The van der Waals surface area contributed by atoms with Crippen LogP contribution in [0.5, 0.6) is 0 Å². The Labute approximate surface area is 103 Å². The minimum absolute atomic E-state index is 0.216. The molecule has 0 amide bonds. The molecule has 1 aromatic rings. The smallest absolute Gasteiger partial charge is 0.396 e. The number of alkyl halides is 3. The number of anilines is 2. The molecule has 1 fully saturated rings. The molecule has 1 saturated heterocycles. The molecule has 0 radical (unpaired) electrons. The van der Waals surface area contributed by atoms with Crippen LogP contribution in [0, 0.1) is 0 Å². The van der Waals surface area contributed by atoms with Crippen LogP contribution in [-0.2, 0) is 6.18 Å². The largest absolute Gasteiger partial charge is 0.433 e. The molecule has 1 aliphatic rings. The maximum Gasteiger partial charge on any atom is 0.433 e. The average Bonchev–Trinajstić information content (AvgIpc) is 2.32. The number of pyridine rings is 1. The van der Waals surface area contributed by atoms with Gasteiger partial charge in [0.2, 0.25) is 0 Å². The Hall–Kier alpha value is -1.50. The normalized spacial score (nSPS) is 17.7. The van der Waals surface area contributed by atoms with Gasteiger partial charge in [-0.1, -0.05) is 6.42 Å². The van der Waals surface area contributed by atoms with Crippen LogP contribution in [0.15, 0.2) is 12.3 Å². The molecule has 0 spiro atoms. The van der Waals surface area contributed by atoms with Gasteiger partial charge in [-0.15, -0.1) is 0 Å². The number of nitrogens with zero attached hydrogens (tertiary/aromatic N) is 2. The Balaban J connectivity index is 2.15. The second-order valence-corrected chi connectivity index (χ2v) is 4.31. The van der Waals surface area contributed by atoms with Crippen molar-refractivity contribution in [2.45, 2.75) is 25.4 Å². The summed E-state index contributed by atoms with van der Waals surface area (Å²) in [5.74, 6) is 0. The summed E-state index contributed by atoms with van der Waals surface area (Å²) in [6.07, 6.45) is -0.201. The Bertz CT molecular complexity index is 413. The first-order chi connectivity index (χ1) is 8.47. The molecule has 3 N–H and O–H groups in total. The van der Waals surface area contributed by atoms with Crippen LogP contribution in [-0.4, -0.2) is 23.1 Å². The molecule has 0 atom stereocenters. The zero-order chi connectivity index (χ0) is 13.2. The lowest BCUT2D eigenvalue weighted by Gasteiger charge is -2.28. The van der Waals surface area contributed by atoms with Crippen LogP contribution in [0.1, 0.15) is 25.0 Å². The van der Waals surface area contributed by atoms with E-state index in [2.05, 4.69) is 10.4 Å². The third-order valence-electron chi connectivity index (χ3n) is 2.86. The van der Waals surface area contributed by atoms with Gasteiger partial charge in [0.25, 0.3) is 0 Å². The van der Waals surface area contributed by atoms with Crippen molar-refractivity contribution in [3.8, 4) is 0 Å². The standard InChI is InChI=1S/C11H15F3N4/c12-11(13,14)10-6-9(8(15)7-16-10)17-18-4-2-1-3-5-18/h6-7H,1-5,15H2,(H,16,17).